The van der Waals surface area contributed by atoms with Crippen LogP contribution in [-0.2, 0) is 21.4 Å². The van der Waals surface area contributed by atoms with Crippen LogP contribution in [0.25, 0.3) is 0 Å². The van der Waals surface area contributed by atoms with Crippen molar-refractivity contribution in [2.75, 3.05) is 19.8 Å². The lowest BCUT2D eigenvalue weighted by Gasteiger charge is -2.38. The molecule has 1 saturated heterocycles. The molecular formula is C22H27NO2. The normalized spacial score (nSPS) is 16.4. The highest BCUT2D eigenvalue weighted by Crippen LogP contribution is 2.34. The number of carbonyl (C=O) groups is 1. The lowest BCUT2D eigenvalue weighted by atomic mass is 9.74. The second-order valence-electron chi connectivity index (χ2n) is 7.14. The van der Waals surface area contributed by atoms with E-state index >= 15 is 0 Å². The van der Waals surface area contributed by atoms with E-state index in [1.165, 1.54) is 16.7 Å². The van der Waals surface area contributed by atoms with E-state index in [1.54, 1.807) is 0 Å². The second-order valence-corrected chi connectivity index (χ2v) is 7.14. The van der Waals surface area contributed by atoms with Gasteiger partial charge in [-0.15, -0.1) is 0 Å². The molecule has 1 N–H and O–H groups in total. The number of amides is 1. The monoisotopic (exact) mass is 337 g/mol. The molecule has 1 heterocycles. The smallest absolute Gasteiger partial charge is 0.224 e. The van der Waals surface area contributed by atoms with Crippen LogP contribution in [-0.4, -0.2) is 25.7 Å². The first kappa shape index (κ1) is 17.7. The first-order chi connectivity index (χ1) is 12.1. The number of hydrogen-bond donors (Lipinski definition) is 1. The molecule has 0 spiro atoms. The lowest BCUT2D eigenvalue weighted by molar-refractivity contribution is -0.121. The maximum absolute atomic E-state index is 12.5. The quantitative estimate of drug-likeness (QED) is 0.903. The number of benzene rings is 2. The highest BCUT2D eigenvalue weighted by atomic mass is 16.5. The molecule has 1 aliphatic rings. The molecule has 1 fully saturated rings. The van der Waals surface area contributed by atoms with Crippen LogP contribution < -0.4 is 5.32 Å². The maximum atomic E-state index is 12.5. The Hall–Kier alpha value is -2.13. The van der Waals surface area contributed by atoms with Crippen LogP contribution in [0.5, 0.6) is 0 Å². The average molecular weight is 337 g/mol. The number of hydrogen-bond acceptors (Lipinski definition) is 2. The fourth-order valence-electron chi connectivity index (χ4n) is 3.62. The van der Waals surface area contributed by atoms with Gasteiger partial charge in [-0.3, -0.25) is 4.79 Å². The zero-order valence-corrected chi connectivity index (χ0v) is 15.2. The van der Waals surface area contributed by atoms with Gasteiger partial charge in [0.25, 0.3) is 0 Å². The molecule has 3 rings (SSSR count). The van der Waals surface area contributed by atoms with Crippen LogP contribution in [0.15, 0.2) is 48.5 Å². The molecule has 0 unspecified atom stereocenters. The van der Waals surface area contributed by atoms with Gasteiger partial charge in [-0.25, -0.2) is 0 Å². The molecule has 0 saturated carbocycles. The van der Waals surface area contributed by atoms with Gasteiger partial charge in [0.1, 0.15) is 0 Å². The van der Waals surface area contributed by atoms with E-state index in [0.29, 0.717) is 13.0 Å². The topological polar surface area (TPSA) is 38.3 Å². The van der Waals surface area contributed by atoms with Crippen molar-refractivity contribution in [1.82, 2.24) is 5.32 Å². The number of ether oxygens (including phenoxy) is 1. The molecule has 0 aliphatic carbocycles. The van der Waals surface area contributed by atoms with Crippen molar-refractivity contribution in [3.8, 4) is 0 Å². The molecular weight excluding hydrogens is 310 g/mol. The minimum atomic E-state index is -0.0170. The minimum Gasteiger partial charge on any atom is -0.381 e. The first-order valence-corrected chi connectivity index (χ1v) is 9.05. The molecule has 3 nitrogen and oxygen atoms in total. The Morgan fingerprint density at radius 3 is 2.52 bits per heavy atom. The van der Waals surface area contributed by atoms with Crippen LogP contribution >= 0.6 is 0 Å². The molecule has 2 aromatic rings. The van der Waals surface area contributed by atoms with Crippen molar-refractivity contribution < 1.29 is 9.53 Å². The zero-order valence-electron chi connectivity index (χ0n) is 15.2. The second kappa shape index (κ2) is 7.83. The highest BCUT2D eigenvalue weighted by molar-refractivity contribution is 5.79. The summed E-state index contributed by atoms with van der Waals surface area (Å²) in [4.78, 5) is 12.5. The fourth-order valence-corrected chi connectivity index (χ4v) is 3.62. The van der Waals surface area contributed by atoms with Crippen LogP contribution in [0.3, 0.4) is 0 Å². The number of aryl methyl sites for hydroxylation is 2. The largest absolute Gasteiger partial charge is 0.381 e. The molecule has 2 aromatic carbocycles. The van der Waals surface area contributed by atoms with Crippen molar-refractivity contribution in [3.05, 3.63) is 70.8 Å². The van der Waals surface area contributed by atoms with Crippen LogP contribution in [0.4, 0.5) is 0 Å². The molecule has 0 bridgehead atoms. The molecule has 25 heavy (non-hydrogen) atoms. The summed E-state index contributed by atoms with van der Waals surface area (Å²) in [5, 5.41) is 3.19. The van der Waals surface area contributed by atoms with E-state index in [1.807, 2.05) is 6.07 Å². The van der Waals surface area contributed by atoms with Gasteiger partial charge in [-0.05, 0) is 43.4 Å². The Kier molecular flexibility index (Phi) is 5.54. The Bertz CT molecular complexity index is 718. The zero-order chi connectivity index (χ0) is 17.7. The third-order valence-corrected chi connectivity index (χ3v) is 5.32. The lowest BCUT2D eigenvalue weighted by Crippen LogP contribution is -2.45. The standard InChI is InChI=1S/C22H27NO2/c1-17-8-9-18(2)19(14-17)15-21(24)23-16-22(10-12-25-13-11-22)20-6-4-3-5-7-20/h3-9,14H,10-13,15-16H2,1-2H3,(H,23,24). The molecule has 3 heteroatoms. The summed E-state index contributed by atoms with van der Waals surface area (Å²) in [5.74, 6) is 0.0931. The van der Waals surface area contributed by atoms with Crippen LogP contribution in [0, 0.1) is 13.8 Å². The maximum Gasteiger partial charge on any atom is 0.224 e. The minimum absolute atomic E-state index is 0.0170. The SMILES string of the molecule is Cc1ccc(C)c(CC(=O)NCC2(c3ccccc3)CCOCC2)c1. The summed E-state index contributed by atoms with van der Waals surface area (Å²) < 4.78 is 5.56. The summed E-state index contributed by atoms with van der Waals surface area (Å²) in [5.41, 5.74) is 4.75. The van der Waals surface area contributed by atoms with Crippen LogP contribution in [0.2, 0.25) is 0 Å². The van der Waals surface area contributed by atoms with E-state index in [2.05, 4.69) is 61.6 Å². The number of nitrogens with one attached hydrogen (secondary N) is 1. The average Bonchev–Trinajstić information content (AvgIpc) is 2.65. The van der Waals surface area contributed by atoms with Crippen molar-refractivity contribution >= 4 is 5.91 Å². The summed E-state index contributed by atoms with van der Waals surface area (Å²) in [6.07, 6.45) is 2.33. The van der Waals surface area contributed by atoms with E-state index in [4.69, 9.17) is 4.74 Å². The molecule has 0 radical (unpaired) electrons. The summed E-state index contributed by atoms with van der Waals surface area (Å²) in [7, 11) is 0. The third kappa shape index (κ3) is 4.29. The van der Waals surface area contributed by atoms with Gasteiger partial charge in [-0.1, -0.05) is 54.1 Å². The molecule has 0 aromatic heterocycles. The van der Waals surface area contributed by atoms with E-state index in [9.17, 15) is 4.79 Å². The highest BCUT2D eigenvalue weighted by Gasteiger charge is 2.34. The predicted molar refractivity (Wildman–Crippen MR) is 101 cm³/mol. The fraction of sp³-hybridized carbons (Fsp3) is 0.409. The Labute approximate surface area is 150 Å². The number of carbonyl (C=O) groups excluding carboxylic acids is 1. The molecule has 1 aliphatic heterocycles. The summed E-state index contributed by atoms with van der Waals surface area (Å²) in [6, 6.07) is 16.8. The Morgan fingerprint density at radius 2 is 1.80 bits per heavy atom. The summed E-state index contributed by atoms with van der Waals surface area (Å²) in [6.45, 7) is 6.30. The van der Waals surface area contributed by atoms with E-state index in [-0.39, 0.29) is 11.3 Å². The van der Waals surface area contributed by atoms with E-state index in [0.717, 1.165) is 31.6 Å². The molecule has 132 valence electrons. The van der Waals surface area contributed by atoms with E-state index < -0.39 is 0 Å². The molecule has 1 amide bonds. The summed E-state index contributed by atoms with van der Waals surface area (Å²) >= 11 is 0. The third-order valence-electron chi connectivity index (χ3n) is 5.32. The first-order valence-electron chi connectivity index (χ1n) is 9.05. The van der Waals surface area contributed by atoms with Gasteiger partial charge in [0.05, 0.1) is 6.42 Å². The number of rotatable bonds is 5. The Balaban J connectivity index is 1.69. The Morgan fingerprint density at radius 1 is 1.08 bits per heavy atom. The van der Waals surface area contributed by atoms with Crippen molar-refractivity contribution in [2.24, 2.45) is 0 Å². The van der Waals surface area contributed by atoms with Crippen molar-refractivity contribution in [3.63, 3.8) is 0 Å². The van der Waals surface area contributed by atoms with Gasteiger partial charge in [0.2, 0.25) is 5.91 Å². The van der Waals surface area contributed by atoms with Crippen LogP contribution in [0.1, 0.15) is 35.1 Å². The van der Waals surface area contributed by atoms with Gasteiger partial charge < -0.3 is 10.1 Å². The van der Waals surface area contributed by atoms with Crippen molar-refractivity contribution in [2.45, 2.75) is 38.5 Å². The predicted octanol–water partition coefficient (Wildman–Crippen LogP) is 3.71. The van der Waals surface area contributed by atoms with Gasteiger partial charge in [0.15, 0.2) is 0 Å². The van der Waals surface area contributed by atoms with Gasteiger partial charge >= 0.3 is 0 Å². The molecule has 0 atom stereocenters. The van der Waals surface area contributed by atoms with Gasteiger partial charge in [0, 0.05) is 25.2 Å². The van der Waals surface area contributed by atoms with Gasteiger partial charge in [-0.2, -0.15) is 0 Å². The van der Waals surface area contributed by atoms with Crippen molar-refractivity contribution in [1.29, 1.82) is 0 Å².